The van der Waals surface area contributed by atoms with Crippen molar-refractivity contribution < 1.29 is 9.47 Å². The summed E-state index contributed by atoms with van der Waals surface area (Å²) in [7, 11) is 0. The standard InChI is InChI=1S/C104H68B2N4O2/c1-9-34-68(35-10-1)78-52-33-53-79(69-36-11-2-12-37-69)103(78)110-92-66-96-84(64-88(92)105-86-56-29-31-58-90(86)108(75-46-21-7-22-47-75)93-60-72(61-94(110)101(93)105)100(70-38-13-3-14-39-70)71-40-15-4-16-41-71)104(82-54-27-25-50-80(82)81-51-26-28-55-83(81)104)85-65-89-98(67-97(85)111-96)112-99-63-77(107(73-42-17-5-18-43-73)74-44-19-6-20-45-74)62-95-102(99)106(89)87-57-30-32-59-91(87)109(95)76-48-23-8-24-49-76/h1-67,100H. The van der Waals surface area contributed by atoms with Gasteiger partial charge in [0, 0.05) is 103 Å². The van der Waals surface area contributed by atoms with Gasteiger partial charge in [0.2, 0.25) is 0 Å². The maximum atomic E-state index is 8.14. The summed E-state index contributed by atoms with van der Waals surface area (Å²) in [5, 5.41) is 0. The zero-order valence-corrected chi connectivity index (χ0v) is 61.0. The first-order valence-electron chi connectivity index (χ1n) is 38.8. The van der Waals surface area contributed by atoms with Gasteiger partial charge in [0.1, 0.15) is 23.0 Å². The molecule has 0 bridgehead atoms. The molecule has 17 aromatic rings. The Kier molecular flexibility index (Phi) is 14.4. The summed E-state index contributed by atoms with van der Waals surface area (Å²) in [6.45, 7) is -0.539. The lowest BCUT2D eigenvalue weighted by atomic mass is 9.33. The van der Waals surface area contributed by atoms with E-state index in [2.05, 4.69) is 426 Å². The molecule has 0 fully saturated rings. The zero-order chi connectivity index (χ0) is 73.5. The fourth-order valence-electron chi connectivity index (χ4n) is 19.7. The minimum atomic E-state index is -0.930. The van der Waals surface area contributed by atoms with Crippen molar-refractivity contribution in [1.82, 2.24) is 0 Å². The van der Waals surface area contributed by atoms with Gasteiger partial charge < -0.3 is 29.1 Å². The van der Waals surface area contributed by atoms with Crippen LogP contribution in [0.1, 0.15) is 44.9 Å². The number of rotatable bonds is 11. The van der Waals surface area contributed by atoms with Gasteiger partial charge in [-0.3, -0.25) is 0 Å². The Hall–Kier alpha value is -14.3. The van der Waals surface area contributed by atoms with Gasteiger partial charge >= 0.3 is 0 Å². The van der Waals surface area contributed by atoms with E-state index in [-0.39, 0.29) is 19.3 Å². The van der Waals surface area contributed by atoms with Crippen LogP contribution < -0.4 is 61.9 Å². The van der Waals surface area contributed by atoms with Gasteiger partial charge in [-0.25, -0.2) is 0 Å². The molecular weight excluding hydrogens is 1360 g/mol. The van der Waals surface area contributed by atoms with Crippen molar-refractivity contribution in [2.24, 2.45) is 0 Å². The maximum absolute atomic E-state index is 8.14. The number of nitrogens with zero attached hydrogens (tertiary/aromatic N) is 4. The number of anilines is 12. The van der Waals surface area contributed by atoms with Crippen molar-refractivity contribution in [3.63, 3.8) is 0 Å². The molecule has 5 heterocycles. The van der Waals surface area contributed by atoms with E-state index in [9.17, 15) is 0 Å². The molecule has 0 N–H and O–H groups in total. The smallest absolute Gasteiger partial charge is 0.256 e. The summed E-state index contributed by atoms with van der Waals surface area (Å²) in [5.74, 6) is 2.89. The highest BCUT2D eigenvalue weighted by Gasteiger charge is 2.55. The average Bonchev–Trinajstić information content (AvgIpc) is 1.34. The molecule has 6 nitrogen and oxygen atoms in total. The van der Waals surface area contributed by atoms with Gasteiger partial charge in [-0.15, -0.1) is 0 Å². The lowest BCUT2D eigenvalue weighted by Gasteiger charge is -2.47. The molecular formula is C104H68B2N4O2. The van der Waals surface area contributed by atoms with Crippen LogP contribution in [-0.2, 0) is 5.41 Å². The van der Waals surface area contributed by atoms with Crippen molar-refractivity contribution in [2.45, 2.75) is 11.3 Å². The largest absolute Gasteiger partial charge is 0.458 e. The Balaban J connectivity index is 0.828. The van der Waals surface area contributed by atoms with Crippen LogP contribution in [0.2, 0.25) is 0 Å². The fraction of sp³-hybridized carbons (Fsp3) is 0.0192. The first-order valence-corrected chi connectivity index (χ1v) is 38.8. The molecule has 0 aromatic heterocycles. The minimum Gasteiger partial charge on any atom is -0.458 e. The van der Waals surface area contributed by atoms with E-state index in [4.69, 9.17) is 9.47 Å². The third kappa shape index (κ3) is 9.55. The number of hydrogen-bond acceptors (Lipinski definition) is 6. The maximum Gasteiger partial charge on any atom is 0.256 e. The molecule has 0 amide bonds. The topological polar surface area (TPSA) is 31.4 Å². The molecule has 1 spiro atoms. The van der Waals surface area contributed by atoms with E-state index in [0.29, 0.717) is 0 Å². The van der Waals surface area contributed by atoms with Crippen molar-refractivity contribution in [3.05, 3.63) is 445 Å². The van der Waals surface area contributed by atoms with E-state index in [1.165, 1.54) is 60.8 Å². The minimum absolute atomic E-state index is 0.154. The van der Waals surface area contributed by atoms with Gasteiger partial charge in [-0.2, -0.15) is 0 Å². The van der Waals surface area contributed by atoms with Crippen LogP contribution in [0, 0.1) is 0 Å². The van der Waals surface area contributed by atoms with Gasteiger partial charge in [-0.05, 0) is 162 Å². The fourth-order valence-corrected chi connectivity index (χ4v) is 19.7. The summed E-state index contributed by atoms with van der Waals surface area (Å²) in [6, 6.07) is 150. The summed E-state index contributed by atoms with van der Waals surface area (Å²) in [6.07, 6.45) is 0. The molecule has 0 saturated carbocycles. The molecule has 0 atom stereocenters. The first kappa shape index (κ1) is 63.7. The Morgan fingerprint density at radius 2 is 0.661 bits per heavy atom. The normalized spacial score (nSPS) is 13.6. The third-order valence-electron chi connectivity index (χ3n) is 24.2. The summed E-state index contributed by atoms with van der Waals surface area (Å²) in [5.41, 5.74) is 33.8. The number of ether oxygens (including phenoxy) is 2. The quantitative estimate of drug-likeness (QED) is 0.0948. The molecule has 23 rings (SSSR count). The van der Waals surface area contributed by atoms with Crippen LogP contribution in [0.3, 0.4) is 0 Å². The zero-order valence-electron chi connectivity index (χ0n) is 61.0. The van der Waals surface area contributed by atoms with Crippen molar-refractivity contribution in [3.8, 4) is 56.4 Å². The SMILES string of the molecule is c1ccc(-c2cccc(-c3ccccc3)c2N2c3cc4c(cc3B3c5ccccc5N(c5ccccc5)c5cc(C(c6ccccc6)c6ccccc6)cc2c53)C2(c3cc5c(cc3O4)Oc3cc(N(c4ccccc4)c4ccccc4)cc4c3B5c3ccccc3N4c3ccccc3)c3ccccc3-c3ccccc32)cc1. The van der Waals surface area contributed by atoms with Crippen LogP contribution in [-0.4, -0.2) is 13.4 Å². The Morgan fingerprint density at radius 1 is 0.250 bits per heavy atom. The van der Waals surface area contributed by atoms with Gasteiger partial charge in [0.15, 0.2) is 0 Å². The lowest BCUT2D eigenvalue weighted by molar-refractivity contribution is 0.428. The lowest BCUT2D eigenvalue weighted by Crippen LogP contribution is -2.61. The molecule has 17 aromatic carbocycles. The monoisotopic (exact) mass is 1430 g/mol. The van der Waals surface area contributed by atoms with Crippen LogP contribution in [0.25, 0.3) is 33.4 Å². The van der Waals surface area contributed by atoms with Crippen molar-refractivity contribution in [1.29, 1.82) is 0 Å². The van der Waals surface area contributed by atoms with Crippen LogP contribution >= 0.6 is 0 Å². The molecule has 6 aliphatic rings. The van der Waals surface area contributed by atoms with Gasteiger partial charge in [-0.1, -0.05) is 309 Å². The number of para-hydroxylation sites is 7. The number of fused-ring (bicyclic) bond motifs is 17. The molecule has 522 valence electrons. The van der Waals surface area contributed by atoms with Crippen molar-refractivity contribution >= 4 is 114 Å². The molecule has 0 saturated heterocycles. The van der Waals surface area contributed by atoms with Crippen molar-refractivity contribution in [2.75, 3.05) is 19.6 Å². The van der Waals surface area contributed by atoms with E-state index in [1.807, 2.05) is 0 Å². The molecule has 0 radical (unpaired) electrons. The average molecular weight is 1430 g/mol. The summed E-state index contributed by atoms with van der Waals surface area (Å²) in [4.78, 5) is 10.0. The molecule has 5 aliphatic heterocycles. The second kappa shape index (κ2) is 25.4. The molecule has 0 unspecified atom stereocenters. The molecule has 1 aliphatic carbocycles. The highest BCUT2D eigenvalue weighted by molar-refractivity contribution is 7.01. The van der Waals surface area contributed by atoms with E-state index in [0.717, 1.165) is 136 Å². The van der Waals surface area contributed by atoms with Gasteiger partial charge in [0.05, 0.1) is 16.8 Å². The van der Waals surface area contributed by atoms with Gasteiger partial charge in [0.25, 0.3) is 13.4 Å². The van der Waals surface area contributed by atoms with E-state index in [1.54, 1.807) is 0 Å². The number of hydrogen-bond donors (Lipinski definition) is 0. The first-order chi connectivity index (χ1) is 55.6. The Morgan fingerprint density at radius 3 is 1.20 bits per heavy atom. The highest BCUT2D eigenvalue weighted by Crippen LogP contribution is 2.64. The number of benzene rings is 17. The second-order valence-electron chi connectivity index (χ2n) is 30.0. The third-order valence-corrected chi connectivity index (χ3v) is 24.2. The summed E-state index contributed by atoms with van der Waals surface area (Å²) >= 11 is 0. The molecule has 8 heteroatoms. The molecule has 112 heavy (non-hydrogen) atoms. The van der Waals surface area contributed by atoms with E-state index < -0.39 is 5.41 Å². The van der Waals surface area contributed by atoms with Crippen LogP contribution in [0.5, 0.6) is 23.0 Å². The van der Waals surface area contributed by atoms with Crippen LogP contribution in [0.4, 0.5) is 68.2 Å². The highest BCUT2D eigenvalue weighted by atomic mass is 16.5. The van der Waals surface area contributed by atoms with Crippen LogP contribution in [0.15, 0.2) is 406 Å². The Labute approximate surface area is 652 Å². The second-order valence-corrected chi connectivity index (χ2v) is 30.0. The predicted molar refractivity (Wildman–Crippen MR) is 463 cm³/mol. The Bertz CT molecular complexity index is 6430. The predicted octanol–water partition coefficient (Wildman–Crippen LogP) is 22.6. The summed E-state index contributed by atoms with van der Waals surface area (Å²) < 4.78 is 16.0. The van der Waals surface area contributed by atoms with E-state index >= 15 is 0 Å².